The van der Waals surface area contributed by atoms with Crippen LogP contribution < -0.4 is 9.46 Å². The van der Waals surface area contributed by atoms with E-state index in [9.17, 15) is 12.8 Å². The number of nitrogens with zero attached hydrogens (tertiary/aromatic N) is 1. The third-order valence-electron chi connectivity index (χ3n) is 5.44. The molecule has 3 rings (SSSR count). The normalized spacial score (nSPS) is 11.9. The van der Waals surface area contributed by atoms with Crippen molar-refractivity contribution in [1.82, 2.24) is 9.88 Å². The zero-order chi connectivity index (χ0) is 24.7. The molecule has 0 atom stereocenters. The van der Waals surface area contributed by atoms with Crippen molar-refractivity contribution in [3.63, 3.8) is 0 Å². The van der Waals surface area contributed by atoms with Gasteiger partial charge in [0.15, 0.2) is 0 Å². The minimum atomic E-state index is -4.19. The van der Waals surface area contributed by atoms with E-state index >= 15 is 0 Å². The Hall–Kier alpha value is -2.00. The zero-order valence-electron chi connectivity index (χ0n) is 19.3. The number of hydrogen-bond donors (Lipinski definition) is 2. The summed E-state index contributed by atoms with van der Waals surface area (Å²) in [6.45, 7) is 1.57. The molecule has 2 N–H and O–H groups in total. The van der Waals surface area contributed by atoms with E-state index in [1.165, 1.54) is 49.7 Å². The van der Waals surface area contributed by atoms with Gasteiger partial charge in [-0.15, -0.1) is 0 Å². The second-order valence-corrected chi connectivity index (χ2v) is 10.9. The molecule has 0 saturated carbocycles. The fraction of sp³-hybridized carbons (Fsp3) is 0.417. The number of anilines is 1. The van der Waals surface area contributed by atoms with Crippen LogP contribution in [0.4, 0.5) is 10.1 Å². The number of sulfonamides is 1. The lowest BCUT2D eigenvalue weighted by Gasteiger charge is -2.12. The molecule has 34 heavy (non-hydrogen) atoms. The fourth-order valence-electron chi connectivity index (χ4n) is 3.67. The number of aromatic nitrogens is 1. The number of halogens is 3. The van der Waals surface area contributed by atoms with Crippen LogP contribution in [0.2, 0.25) is 10.0 Å². The number of aromatic amines is 1. The summed E-state index contributed by atoms with van der Waals surface area (Å²) < 4.78 is 48.4. The molecule has 1 aromatic heterocycles. The number of unbranched alkanes of at least 4 members (excludes halogenated alkanes) is 5. The van der Waals surface area contributed by atoms with Gasteiger partial charge in [-0.2, -0.15) is 0 Å². The number of H-pyrrole nitrogens is 1. The lowest BCUT2D eigenvalue weighted by atomic mass is 10.1. The first-order valence-electron chi connectivity index (χ1n) is 11.2. The lowest BCUT2D eigenvalue weighted by Crippen LogP contribution is -2.15. The van der Waals surface area contributed by atoms with Gasteiger partial charge in [0.2, 0.25) is 0 Å². The van der Waals surface area contributed by atoms with Crippen LogP contribution in [0.5, 0.6) is 5.75 Å². The Morgan fingerprint density at radius 1 is 1.00 bits per heavy atom. The summed E-state index contributed by atoms with van der Waals surface area (Å²) in [6.07, 6.45) is 8.16. The average Bonchev–Trinajstić information content (AvgIpc) is 3.17. The average molecular weight is 530 g/mol. The van der Waals surface area contributed by atoms with Crippen molar-refractivity contribution in [2.24, 2.45) is 0 Å². The van der Waals surface area contributed by atoms with Gasteiger partial charge in [-0.05, 0) is 57.7 Å². The van der Waals surface area contributed by atoms with Crippen molar-refractivity contribution in [2.45, 2.75) is 43.4 Å². The minimum absolute atomic E-state index is 0.216. The quantitative estimate of drug-likeness (QED) is 0.241. The molecule has 3 aromatic rings. The highest BCUT2D eigenvalue weighted by Crippen LogP contribution is 2.35. The molecule has 0 saturated heterocycles. The molecule has 0 spiro atoms. The van der Waals surface area contributed by atoms with E-state index in [4.69, 9.17) is 27.9 Å². The van der Waals surface area contributed by atoms with Crippen molar-refractivity contribution < 1.29 is 17.5 Å². The van der Waals surface area contributed by atoms with E-state index in [0.29, 0.717) is 33.3 Å². The molecule has 0 radical (unpaired) electrons. The Balaban J connectivity index is 1.54. The van der Waals surface area contributed by atoms with Gasteiger partial charge < -0.3 is 14.6 Å². The van der Waals surface area contributed by atoms with Crippen molar-refractivity contribution in [1.29, 1.82) is 0 Å². The smallest absolute Gasteiger partial charge is 0.264 e. The maximum atomic E-state index is 14.7. The standard InChI is InChI=1S/C24H30Cl2FN3O3S/c1-30(2)13-7-5-3-4-6-8-14-33-17-9-12-22(20(27)15-17)34(31,32)29-21-11-10-18(25)23-19(26)16-28-24(21)23/h9-12,15-16,28-29H,3-8,13-14H2,1-2H3. The summed E-state index contributed by atoms with van der Waals surface area (Å²) in [4.78, 5) is 4.60. The maximum Gasteiger partial charge on any atom is 0.264 e. The maximum absolute atomic E-state index is 14.7. The number of rotatable bonds is 13. The first-order chi connectivity index (χ1) is 16.2. The molecule has 0 aliphatic heterocycles. The van der Waals surface area contributed by atoms with Crippen LogP contribution in [0.25, 0.3) is 10.9 Å². The molecule has 0 aliphatic carbocycles. The van der Waals surface area contributed by atoms with Gasteiger partial charge in [-0.3, -0.25) is 4.72 Å². The largest absolute Gasteiger partial charge is 0.493 e. The van der Waals surface area contributed by atoms with Gasteiger partial charge in [-0.1, -0.05) is 48.9 Å². The minimum Gasteiger partial charge on any atom is -0.493 e. The predicted molar refractivity (Wildman–Crippen MR) is 137 cm³/mol. The topological polar surface area (TPSA) is 74.4 Å². The van der Waals surface area contributed by atoms with Gasteiger partial charge in [0.05, 0.1) is 27.9 Å². The molecule has 0 unspecified atom stereocenters. The van der Waals surface area contributed by atoms with Crippen molar-refractivity contribution in [2.75, 3.05) is 32.0 Å². The molecule has 0 fully saturated rings. The molecule has 0 bridgehead atoms. The van der Waals surface area contributed by atoms with Crippen LogP contribution in [0.15, 0.2) is 41.4 Å². The zero-order valence-corrected chi connectivity index (χ0v) is 21.7. The molecule has 186 valence electrons. The summed E-state index contributed by atoms with van der Waals surface area (Å²) in [6, 6.07) is 6.78. The van der Waals surface area contributed by atoms with Gasteiger partial charge in [0.25, 0.3) is 10.0 Å². The van der Waals surface area contributed by atoms with Crippen molar-refractivity contribution in [3.8, 4) is 5.75 Å². The van der Waals surface area contributed by atoms with Gasteiger partial charge in [0.1, 0.15) is 16.5 Å². The van der Waals surface area contributed by atoms with Crippen LogP contribution in [0, 0.1) is 5.82 Å². The van der Waals surface area contributed by atoms with Gasteiger partial charge >= 0.3 is 0 Å². The summed E-state index contributed by atoms with van der Waals surface area (Å²) in [5.41, 5.74) is 0.631. The molecule has 6 nitrogen and oxygen atoms in total. The monoisotopic (exact) mass is 529 g/mol. The Labute approximate surface area is 210 Å². The number of fused-ring (bicyclic) bond motifs is 1. The Kier molecular flexibility index (Phi) is 9.47. The Bertz CT molecular complexity index is 1220. The molecule has 0 amide bonds. The first kappa shape index (κ1) is 26.6. The highest BCUT2D eigenvalue weighted by atomic mass is 35.5. The highest BCUT2D eigenvalue weighted by Gasteiger charge is 2.22. The number of hydrogen-bond acceptors (Lipinski definition) is 4. The van der Waals surface area contributed by atoms with E-state index in [2.05, 4.69) is 28.7 Å². The number of ether oxygens (including phenoxy) is 1. The molecule has 0 aliphatic rings. The van der Waals surface area contributed by atoms with Crippen molar-refractivity contribution >= 4 is 49.8 Å². The van der Waals surface area contributed by atoms with E-state index in [-0.39, 0.29) is 5.69 Å². The summed E-state index contributed by atoms with van der Waals surface area (Å²) in [5.74, 6) is -0.590. The van der Waals surface area contributed by atoms with Gasteiger partial charge in [0, 0.05) is 17.6 Å². The predicted octanol–water partition coefficient (Wildman–Crippen LogP) is 6.70. The van der Waals surface area contributed by atoms with E-state index in [1.807, 2.05) is 0 Å². The van der Waals surface area contributed by atoms with Crippen LogP contribution in [-0.2, 0) is 10.0 Å². The molecular weight excluding hydrogens is 500 g/mol. The van der Waals surface area contributed by atoms with E-state index in [1.54, 1.807) is 0 Å². The SMILES string of the molecule is CN(C)CCCCCCCCOc1ccc(S(=O)(=O)Nc2ccc(Cl)c3c(Cl)c[nH]c23)c(F)c1. The third-order valence-corrected chi connectivity index (χ3v) is 7.45. The van der Waals surface area contributed by atoms with E-state index < -0.39 is 20.7 Å². The van der Waals surface area contributed by atoms with Crippen LogP contribution in [0.1, 0.15) is 38.5 Å². The summed E-state index contributed by atoms with van der Waals surface area (Å²) in [7, 11) is -0.0342. The second-order valence-electron chi connectivity index (χ2n) is 8.45. The molecule has 10 heteroatoms. The molecule has 2 aromatic carbocycles. The van der Waals surface area contributed by atoms with E-state index in [0.717, 1.165) is 31.9 Å². The highest BCUT2D eigenvalue weighted by molar-refractivity contribution is 7.92. The van der Waals surface area contributed by atoms with Gasteiger partial charge in [-0.25, -0.2) is 12.8 Å². The number of nitrogens with one attached hydrogen (secondary N) is 2. The molecule has 1 heterocycles. The lowest BCUT2D eigenvalue weighted by molar-refractivity contribution is 0.302. The molecular formula is C24H30Cl2FN3O3S. The fourth-order valence-corrected chi connectivity index (χ4v) is 5.36. The summed E-state index contributed by atoms with van der Waals surface area (Å²) in [5, 5.41) is 1.22. The number of benzene rings is 2. The van der Waals surface area contributed by atoms with Crippen molar-refractivity contribution in [3.05, 3.63) is 52.4 Å². The van der Waals surface area contributed by atoms with Crippen LogP contribution in [-0.4, -0.2) is 45.5 Å². The second kappa shape index (κ2) is 12.1. The Morgan fingerprint density at radius 2 is 1.71 bits per heavy atom. The summed E-state index contributed by atoms with van der Waals surface area (Å²) >= 11 is 12.3. The first-order valence-corrected chi connectivity index (χ1v) is 13.5. The van der Waals surface area contributed by atoms with Crippen LogP contribution >= 0.6 is 23.2 Å². The van der Waals surface area contributed by atoms with Crippen LogP contribution in [0.3, 0.4) is 0 Å². The third kappa shape index (κ3) is 7.01. The Morgan fingerprint density at radius 3 is 2.41 bits per heavy atom.